The van der Waals surface area contributed by atoms with Crippen LogP contribution in [-0.2, 0) is 0 Å². The minimum atomic E-state index is -0.418. The number of aryl methyl sites for hydroxylation is 1. The van der Waals surface area contributed by atoms with Crippen molar-refractivity contribution >= 4 is 17.1 Å². The lowest BCUT2D eigenvalue weighted by atomic mass is 10.2. The number of hydrazine groups is 1. The van der Waals surface area contributed by atoms with Crippen LogP contribution in [-0.4, -0.2) is 4.92 Å². The molecule has 2 rings (SSSR count). The summed E-state index contributed by atoms with van der Waals surface area (Å²) in [6, 6.07) is 14.2. The van der Waals surface area contributed by atoms with Crippen molar-refractivity contribution in [3.8, 4) is 0 Å². The molecule has 0 saturated carbocycles. The highest BCUT2D eigenvalue weighted by molar-refractivity contribution is 5.64. The van der Waals surface area contributed by atoms with Crippen LogP contribution < -0.4 is 10.9 Å². The quantitative estimate of drug-likeness (QED) is 0.638. The zero-order valence-corrected chi connectivity index (χ0v) is 9.88. The molecule has 18 heavy (non-hydrogen) atoms. The first-order chi connectivity index (χ1) is 8.66. The van der Waals surface area contributed by atoms with Gasteiger partial charge < -0.3 is 5.43 Å². The Hall–Kier alpha value is -2.56. The van der Waals surface area contributed by atoms with Crippen molar-refractivity contribution in [3.63, 3.8) is 0 Å². The number of hydrogen-bond acceptors (Lipinski definition) is 4. The highest BCUT2D eigenvalue weighted by Crippen LogP contribution is 2.23. The largest absolute Gasteiger partial charge is 0.301 e. The number of benzene rings is 2. The summed E-state index contributed by atoms with van der Waals surface area (Å²) < 4.78 is 0. The molecule has 0 aliphatic carbocycles. The summed E-state index contributed by atoms with van der Waals surface area (Å²) in [5, 5.41) is 10.8. The van der Waals surface area contributed by atoms with Gasteiger partial charge in [-0.25, -0.2) is 0 Å². The summed E-state index contributed by atoms with van der Waals surface area (Å²) in [5.41, 5.74) is 8.24. The summed E-state index contributed by atoms with van der Waals surface area (Å²) in [7, 11) is 0. The zero-order valence-electron chi connectivity index (χ0n) is 9.88. The molecule has 0 amide bonds. The fourth-order valence-electron chi connectivity index (χ4n) is 1.51. The summed E-state index contributed by atoms with van der Waals surface area (Å²) in [5.74, 6) is 0. The number of nitrogens with zero attached hydrogens (tertiary/aromatic N) is 1. The Morgan fingerprint density at radius 1 is 1.00 bits per heavy atom. The summed E-state index contributed by atoms with van der Waals surface area (Å²) in [4.78, 5) is 10.4. The van der Waals surface area contributed by atoms with Gasteiger partial charge in [0.25, 0.3) is 5.69 Å². The third-order valence-electron chi connectivity index (χ3n) is 2.49. The zero-order chi connectivity index (χ0) is 13.0. The van der Waals surface area contributed by atoms with E-state index in [0.717, 1.165) is 11.3 Å². The summed E-state index contributed by atoms with van der Waals surface area (Å²) in [6.07, 6.45) is 0. The third-order valence-corrected chi connectivity index (χ3v) is 2.49. The second-order valence-electron chi connectivity index (χ2n) is 3.89. The van der Waals surface area contributed by atoms with Crippen LogP contribution in [0.5, 0.6) is 0 Å². The lowest BCUT2D eigenvalue weighted by Crippen LogP contribution is -2.10. The minimum absolute atomic E-state index is 0.0390. The topological polar surface area (TPSA) is 67.2 Å². The first-order valence-corrected chi connectivity index (χ1v) is 5.49. The molecular formula is C13H13N3O2. The van der Waals surface area contributed by atoms with Gasteiger partial charge in [0.05, 0.1) is 10.6 Å². The average Bonchev–Trinajstić information content (AvgIpc) is 2.38. The smallest absolute Gasteiger partial charge is 0.294 e. The van der Waals surface area contributed by atoms with Crippen LogP contribution in [0.15, 0.2) is 48.5 Å². The predicted molar refractivity (Wildman–Crippen MR) is 71.5 cm³/mol. The molecule has 0 fully saturated rings. The Bertz CT molecular complexity index is 552. The van der Waals surface area contributed by atoms with Crippen LogP contribution in [0.4, 0.5) is 17.1 Å². The molecule has 2 aromatic carbocycles. The average molecular weight is 243 g/mol. The molecule has 0 bridgehead atoms. The molecule has 0 heterocycles. The van der Waals surface area contributed by atoms with E-state index < -0.39 is 4.92 Å². The normalized spacial score (nSPS) is 9.83. The molecule has 5 nitrogen and oxygen atoms in total. The fourth-order valence-corrected chi connectivity index (χ4v) is 1.51. The van der Waals surface area contributed by atoms with Gasteiger partial charge in [0.2, 0.25) is 0 Å². The van der Waals surface area contributed by atoms with E-state index in [0.29, 0.717) is 5.69 Å². The molecule has 0 atom stereocenters. The monoisotopic (exact) mass is 243 g/mol. The standard InChI is InChI=1S/C13H13N3O2/c1-10-6-8-11(9-7-10)14-15-12-4-2-3-5-13(12)16(17)18/h2-9,14-15H,1H3. The van der Waals surface area contributed by atoms with E-state index in [1.54, 1.807) is 18.2 Å². The lowest BCUT2D eigenvalue weighted by molar-refractivity contribution is -0.383. The van der Waals surface area contributed by atoms with Gasteiger partial charge in [-0.05, 0) is 25.1 Å². The van der Waals surface area contributed by atoms with E-state index in [-0.39, 0.29) is 5.69 Å². The second kappa shape index (κ2) is 5.18. The van der Waals surface area contributed by atoms with E-state index in [1.807, 2.05) is 31.2 Å². The number of para-hydroxylation sites is 2. The van der Waals surface area contributed by atoms with E-state index in [1.165, 1.54) is 6.07 Å². The van der Waals surface area contributed by atoms with Gasteiger partial charge in [-0.15, -0.1) is 0 Å². The summed E-state index contributed by atoms with van der Waals surface area (Å²) in [6.45, 7) is 2.00. The Labute approximate surface area is 105 Å². The molecule has 2 aromatic rings. The van der Waals surface area contributed by atoms with Crippen LogP contribution in [0.2, 0.25) is 0 Å². The number of nitrogens with one attached hydrogen (secondary N) is 2. The Morgan fingerprint density at radius 2 is 1.67 bits per heavy atom. The number of hydrogen-bond donors (Lipinski definition) is 2. The van der Waals surface area contributed by atoms with Gasteiger partial charge in [-0.2, -0.15) is 0 Å². The Kier molecular flexibility index (Phi) is 3.43. The molecule has 0 saturated heterocycles. The first kappa shape index (κ1) is 11.9. The number of nitro benzene ring substituents is 1. The highest BCUT2D eigenvalue weighted by Gasteiger charge is 2.11. The molecule has 0 unspecified atom stereocenters. The van der Waals surface area contributed by atoms with Gasteiger partial charge in [0.1, 0.15) is 5.69 Å². The van der Waals surface area contributed by atoms with Crippen molar-refractivity contribution in [3.05, 3.63) is 64.2 Å². The Balaban J connectivity index is 2.10. The maximum Gasteiger partial charge on any atom is 0.294 e. The van der Waals surface area contributed by atoms with Crippen molar-refractivity contribution in [2.45, 2.75) is 6.92 Å². The number of nitro groups is 1. The molecule has 92 valence electrons. The van der Waals surface area contributed by atoms with E-state index in [2.05, 4.69) is 10.9 Å². The third kappa shape index (κ3) is 2.76. The van der Waals surface area contributed by atoms with Crippen LogP contribution in [0.1, 0.15) is 5.56 Å². The molecule has 0 aliphatic heterocycles. The van der Waals surface area contributed by atoms with Crippen molar-refractivity contribution in [1.29, 1.82) is 0 Å². The first-order valence-electron chi connectivity index (χ1n) is 5.49. The predicted octanol–water partition coefficient (Wildman–Crippen LogP) is 3.34. The van der Waals surface area contributed by atoms with E-state index >= 15 is 0 Å². The van der Waals surface area contributed by atoms with Crippen molar-refractivity contribution < 1.29 is 4.92 Å². The molecule has 0 radical (unpaired) electrons. The van der Waals surface area contributed by atoms with Gasteiger partial charge in [-0.1, -0.05) is 29.8 Å². The van der Waals surface area contributed by atoms with Gasteiger partial charge in [0, 0.05) is 6.07 Å². The minimum Gasteiger partial charge on any atom is -0.301 e. The maximum atomic E-state index is 10.8. The molecule has 0 spiro atoms. The maximum absolute atomic E-state index is 10.8. The summed E-state index contributed by atoms with van der Waals surface area (Å²) >= 11 is 0. The highest BCUT2D eigenvalue weighted by atomic mass is 16.6. The lowest BCUT2D eigenvalue weighted by Gasteiger charge is -2.09. The van der Waals surface area contributed by atoms with Crippen molar-refractivity contribution in [2.75, 3.05) is 10.9 Å². The van der Waals surface area contributed by atoms with Crippen molar-refractivity contribution in [1.82, 2.24) is 0 Å². The molecule has 5 heteroatoms. The molecular weight excluding hydrogens is 230 g/mol. The van der Waals surface area contributed by atoms with Crippen LogP contribution >= 0.6 is 0 Å². The molecule has 0 aliphatic rings. The van der Waals surface area contributed by atoms with Gasteiger partial charge >= 0.3 is 0 Å². The van der Waals surface area contributed by atoms with E-state index in [4.69, 9.17) is 0 Å². The van der Waals surface area contributed by atoms with Crippen molar-refractivity contribution in [2.24, 2.45) is 0 Å². The number of rotatable bonds is 4. The van der Waals surface area contributed by atoms with Gasteiger partial charge in [0.15, 0.2) is 0 Å². The van der Waals surface area contributed by atoms with Gasteiger partial charge in [-0.3, -0.25) is 15.5 Å². The van der Waals surface area contributed by atoms with E-state index in [9.17, 15) is 10.1 Å². The fraction of sp³-hybridized carbons (Fsp3) is 0.0769. The van der Waals surface area contributed by atoms with Crippen LogP contribution in [0.25, 0.3) is 0 Å². The second-order valence-corrected chi connectivity index (χ2v) is 3.89. The van der Waals surface area contributed by atoms with Crippen LogP contribution in [0, 0.1) is 17.0 Å². The molecule has 2 N–H and O–H groups in total. The SMILES string of the molecule is Cc1ccc(NNc2ccccc2[N+](=O)[O-])cc1. The molecule has 0 aromatic heterocycles. The number of anilines is 2. The Morgan fingerprint density at radius 3 is 2.33 bits per heavy atom. The van der Waals surface area contributed by atoms with Crippen LogP contribution in [0.3, 0.4) is 0 Å².